The summed E-state index contributed by atoms with van der Waals surface area (Å²) >= 11 is 1.74. The molecular formula is C12H12F2INO. The van der Waals surface area contributed by atoms with E-state index in [9.17, 15) is 13.6 Å². The summed E-state index contributed by atoms with van der Waals surface area (Å²) in [5.74, 6) is -1.90. The van der Waals surface area contributed by atoms with E-state index >= 15 is 0 Å². The summed E-state index contributed by atoms with van der Waals surface area (Å²) in [7, 11) is 0. The number of hydrogen-bond donors (Lipinski definition) is 1. The Kier molecular flexibility index (Phi) is 3.96. The molecule has 0 aromatic heterocycles. The number of halogens is 3. The minimum Gasteiger partial charge on any atom is -0.349 e. The Morgan fingerprint density at radius 3 is 2.53 bits per heavy atom. The van der Waals surface area contributed by atoms with Crippen LogP contribution >= 0.6 is 22.6 Å². The van der Waals surface area contributed by atoms with Crippen molar-refractivity contribution in [3.63, 3.8) is 0 Å². The van der Waals surface area contributed by atoms with E-state index in [1.54, 1.807) is 22.6 Å². The molecule has 0 spiro atoms. The first-order chi connectivity index (χ1) is 8.08. The molecule has 1 N–H and O–H groups in total. The molecule has 0 aliphatic heterocycles. The first kappa shape index (κ1) is 12.7. The molecule has 17 heavy (non-hydrogen) atoms. The molecule has 0 saturated heterocycles. The van der Waals surface area contributed by atoms with E-state index in [-0.39, 0.29) is 15.2 Å². The Morgan fingerprint density at radius 2 is 1.88 bits per heavy atom. The van der Waals surface area contributed by atoms with Crippen molar-refractivity contribution in [2.45, 2.75) is 31.7 Å². The highest BCUT2D eigenvalue weighted by atomic mass is 127. The van der Waals surface area contributed by atoms with Crippen LogP contribution in [0.25, 0.3) is 0 Å². The van der Waals surface area contributed by atoms with E-state index in [2.05, 4.69) is 5.32 Å². The van der Waals surface area contributed by atoms with Crippen LogP contribution in [0.5, 0.6) is 0 Å². The van der Waals surface area contributed by atoms with Crippen molar-refractivity contribution in [2.75, 3.05) is 0 Å². The third-order valence-electron chi connectivity index (χ3n) is 2.94. The van der Waals surface area contributed by atoms with Gasteiger partial charge in [0, 0.05) is 15.7 Å². The van der Waals surface area contributed by atoms with E-state index in [4.69, 9.17) is 0 Å². The van der Waals surface area contributed by atoms with Gasteiger partial charge in [-0.3, -0.25) is 4.79 Å². The lowest BCUT2D eigenvalue weighted by Crippen LogP contribution is -2.33. The Hall–Kier alpha value is -0.720. The number of rotatable bonds is 2. The van der Waals surface area contributed by atoms with Gasteiger partial charge in [0.2, 0.25) is 0 Å². The molecular weight excluding hydrogens is 339 g/mol. The topological polar surface area (TPSA) is 29.1 Å². The van der Waals surface area contributed by atoms with Gasteiger partial charge in [-0.05, 0) is 41.5 Å². The van der Waals surface area contributed by atoms with Gasteiger partial charge in [-0.2, -0.15) is 0 Å². The minimum absolute atomic E-state index is 0.0808. The number of benzene rings is 1. The molecule has 92 valence electrons. The predicted octanol–water partition coefficient (Wildman–Crippen LogP) is 3.24. The summed E-state index contributed by atoms with van der Waals surface area (Å²) in [6.07, 6.45) is 4.06. The van der Waals surface area contributed by atoms with Crippen LogP contribution in [0.3, 0.4) is 0 Å². The summed E-state index contributed by atoms with van der Waals surface area (Å²) < 4.78 is 26.7. The van der Waals surface area contributed by atoms with Crippen molar-refractivity contribution in [1.82, 2.24) is 5.32 Å². The molecule has 0 radical (unpaired) electrons. The molecule has 1 aliphatic rings. The molecule has 1 aromatic carbocycles. The third kappa shape index (κ3) is 2.94. The average Bonchev–Trinajstić information content (AvgIpc) is 2.76. The largest absolute Gasteiger partial charge is 0.349 e. The van der Waals surface area contributed by atoms with Gasteiger partial charge in [-0.15, -0.1) is 0 Å². The maximum absolute atomic E-state index is 13.5. The Morgan fingerprint density at radius 1 is 1.24 bits per heavy atom. The third-order valence-corrected chi connectivity index (χ3v) is 3.77. The molecule has 1 amide bonds. The van der Waals surface area contributed by atoms with Crippen molar-refractivity contribution in [3.05, 3.63) is 32.9 Å². The van der Waals surface area contributed by atoms with Crippen LogP contribution < -0.4 is 5.32 Å². The molecule has 1 aliphatic carbocycles. The summed E-state index contributed by atoms with van der Waals surface area (Å²) in [6, 6.07) is 2.13. The lowest BCUT2D eigenvalue weighted by Gasteiger charge is -2.12. The summed E-state index contributed by atoms with van der Waals surface area (Å²) in [5, 5.41) is 2.78. The van der Waals surface area contributed by atoms with Crippen molar-refractivity contribution in [2.24, 2.45) is 0 Å². The van der Waals surface area contributed by atoms with Crippen LogP contribution in [0.15, 0.2) is 12.1 Å². The van der Waals surface area contributed by atoms with Crippen LogP contribution in [0.2, 0.25) is 0 Å². The fourth-order valence-electron chi connectivity index (χ4n) is 2.03. The Balaban J connectivity index is 2.15. The van der Waals surface area contributed by atoms with Gasteiger partial charge in [-0.1, -0.05) is 12.8 Å². The molecule has 2 nitrogen and oxygen atoms in total. The van der Waals surface area contributed by atoms with Gasteiger partial charge in [0.15, 0.2) is 0 Å². The number of amides is 1. The van der Waals surface area contributed by atoms with Crippen LogP contribution in [0.1, 0.15) is 36.0 Å². The Bertz CT molecular complexity index is 444. The maximum Gasteiger partial charge on any atom is 0.254 e. The van der Waals surface area contributed by atoms with Crippen LogP contribution in [-0.4, -0.2) is 11.9 Å². The van der Waals surface area contributed by atoms with Gasteiger partial charge < -0.3 is 5.32 Å². The Labute approximate surface area is 112 Å². The highest BCUT2D eigenvalue weighted by molar-refractivity contribution is 14.1. The fraction of sp³-hybridized carbons (Fsp3) is 0.417. The van der Waals surface area contributed by atoms with Gasteiger partial charge in [0.1, 0.15) is 11.6 Å². The molecule has 1 aromatic rings. The average molecular weight is 351 g/mol. The quantitative estimate of drug-likeness (QED) is 0.643. The van der Waals surface area contributed by atoms with E-state index in [1.165, 1.54) is 6.07 Å². The fourth-order valence-corrected chi connectivity index (χ4v) is 2.50. The molecule has 0 unspecified atom stereocenters. The van der Waals surface area contributed by atoms with E-state index in [0.717, 1.165) is 31.7 Å². The van der Waals surface area contributed by atoms with Gasteiger partial charge in [-0.25, -0.2) is 8.78 Å². The predicted molar refractivity (Wildman–Crippen MR) is 68.8 cm³/mol. The maximum atomic E-state index is 13.5. The zero-order chi connectivity index (χ0) is 12.4. The number of nitrogens with one attached hydrogen (secondary N) is 1. The van der Waals surface area contributed by atoms with Crippen LogP contribution in [-0.2, 0) is 0 Å². The summed E-state index contributed by atoms with van der Waals surface area (Å²) in [5.41, 5.74) is -0.0808. The minimum atomic E-state index is -0.807. The smallest absolute Gasteiger partial charge is 0.254 e. The zero-order valence-electron chi connectivity index (χ0n) is 9.10. The van der Waals surface area contributed by atoms with E-state index in [1.807, 2.05) is 0 Å². The number of carbonyl (C=O) groups excluding carboxylic acids is 1. The lowest BCUT2D eigenvalue weighted by molar-refractivity contribution is 0.0933. The molecule has 5 heteroatoms. The standard InChI is InChI=1S/C12H12F2INO/c13-9-6-10(14)11(15)5-8(9)12(17)16-7-3-1-2-4-7/h5-7H,1-4H2,(H,16,17). The molecule has 1 fully saturated rings. The van der Waals surface area contributed by atoms with Crippen molar-refractivity contribution < 1.29 is 13.6 Å². The van der Waals surface area contributed by atoms with Gasteiger partial charge in [0.05, 0.1) is 5.56 Å². The second-order valence-corrected chi connectivity index (χ2v) is 5.36. The molecule has 0 bridgehead atoms. The molecule has 2 rings (SSSR count). The number of hydrogen-bond acceptors (Lipinski definition) is 1. The van der Waals surface area contributed by atoms with E-state index < -0.39 is 17.5 Å². The van der Waals surface area contributed by atoms with Gasteiger partial charge >= 0.3 is 0 Å². The molecule has 0 atom stereocenters. The van der Waals surface area contributed by atoms with Crippen LogP contribution in [0, 0.1) is 15.2 Å². The zero-order valence-corrected chi connectivity index (χ0v) is 11.3. The highest BCUT2D eigenvalue weighted by Crippen LogP contribution is 2.20. The first-order valence-corrected chi connectivity index (χ1v) is 6.61. The molecule has 0 heterocycles. The normalized spacial score (nSPS) is 16.2. The lowest BCUT2D eigenvalue weighted by atomic mass is 10.1. The SMILES string of the molecule is O=C(NC1CCCC1)c1cc(I)c(F)cc1F. The van der Waals surface area contributed by atoms with Crippen molar-refractivity contribution >= 4 is 28.5 Å². The van der Waals surface area contributed by atoms with E-state index in [0.29, 0.717) is 0 Å². The second kappa shape index (κ2) is 5.29. The summed E-state index contributed by atoms with van der Waals surface area (Å²) in [6.45, 7) is 0. The van der Waals surface area contributed by atoms with Crippen molar-refractivity contribution in [3.8, 4) is 0 Å². The second-order valence-electron chi connectivity index (χ2n) is 4.20. The monoisotopic (exact) mass is 351 g/mol. The van der Waals surface area contributed by atoms with Gasteiger partial charge in [0.25, 0.3) is 5.91 Å². The molecule has 1 saturated carbocycles. The summed E-state index contributed by atoms with van der Waals surface area (Å²) in [4.78, 5) is 11.8. The van der Waals surface area contributed by atoms with Crippen LogP contribution in [0.4, 0.5) is 8.78 Å². The highest BCUT2D eigenvalue weighted by Gasteiger charge is 2.20. The van der Waals surface area contributed by atoms with Crippen molar-refractivity contribution in [1.29, 1.82) is 0 Å². The first-order valence-electron chi connectivity index (χ1n) is 5.53. The number of carbonyl (C=O) groups is 1.